The third-order valence-electron chi connectivity index (χ3n) is 4.45. The monoisotopic (exact) mass is 229 g/mol. The maximum atomic E-state index is 6.20. The molecule has 0 aromatic rings. The largest absolute Gasteiger partial charge is 0.327 e. The molecule has 0 aliphatic carbocycles. The van der Waals surface area contributed by atoms with Crippen LogP contribution in [0.5, 0.6) is 0 Å². The van der Waals surface area contributed by atoms with Crippen molar-refractivity contribution in [3.05, 3.63) is 0 Å². The van der Waals surface area contributed by atoms with Crippen molar-refractivity contribution >= 4 is 11.8 Å². The zero-order valence-corrected chi connectivity index (χ0v) is 11.7. The van der Waals surface area contributed by atoms with Gasteiger partial charge in [-0.25, -0.2) is 0 Å². The van der Waals surface area contributed by atoms with Crippen molar-refractivity contribution in [3.63, 3.8) is 0 Å². The first-order valence-electron chi connectivity index (χ1n) is 6.30. The van der Waals surface area contributed by atoms with Crippen molar-refractivity contribution in [2.24, 2.45) is 23.5 Å². The summed E-state index contributed by atoms with van der Waals surface area (Å²) >= 11 is 2.15. The molecular weight excluding hydrogens is 202 g/mol. The van der Waals surface area contributed by atoms with Gasteiger partial charge in [-0.05, 0) is 36.3 Å². The lowest BCUT2D eigenvalue weighted by atomic mass is 9.78. The predicted molar refractivity (Wildman–Crippen MR) is 71.2 cm³/mol. The minimum atomic E-state index is 0.364. The van der Waals surface area contributed by atoms with E-state index in [4.69, 9.17) is 5.73 Å². The molecule has 0 aromatic carbocycles. The fourth-order valence-corrected chi connectivity index (χ4v) is 4.30. The fourth-order valence-electron chi connectivity index (χ4n) is 2.51. The average molecular weight is 229 g/mol. The Labute approximate surface area is 99.6 Å². The third-order valence-corrected chi connectivity index (χ3v) is 6.34. The topological polar surface area (TPSA) is 26.0 Å². The zero-order chi connectivity index (χ0) is 11.6. The fraction of sp³-hybridized carbons (Fsp3) is 1.00. The molecule has 2 N–H and O–H groups in total. The summed E-state index contributed by atoms with van der Waals surface area (Å²) in [6.07, 6.45) is 2.43. The van der Waals surface area contributed by atoms with Crippen LogP contribution < -0.4 is 5.73 Å². The molecule has 0 bridgehead atoms. The van der Waals surface area contributed by atoms with Gasteiger partial charge in [-0.3, -0.25) is 0 Å². The molecule has 90 valence electrons. The first-order valence-corrected chi connectivity index (χ1v) is 7.28. The molecule has 1 aliphatic heterocycles. The Balaban J connectivity index is 2.66. The standard InChI is InChI=1S/C13H27NS/c1-6-12(14)11(4)13(5)7-9(2)10(3)8-15-13/h9-12H,6-8,14H2,1-5H3. The second-order valence-corrected chi connectivity index (χ2v) is 7.20. The minimum Gasteiger partial charge on any atom is -0.327 e. The minimum absolute atomic E-state index is 0.364. The highest BCUT2D eigenvalue weighted by Gasteiger charge is 2.40. The van der Waals surface area contributed by atoms with Crippen molar-refractivity contribution in [2.45, 2.75) is 58.2 Å². The Morgan fingerprint density at radius 2 is 2.00 bits per heavy atom. The SMILES string of the molecule is CCC(N)C(C)C1(C)CC(C)C(C)CS1. The van der Waals surface area contributed by atoms with Crippen molar-refractivity contribution in [1.29, 1.82) is 0 Å². The lowest BCUT2D eigenvalue weighted by Gasteiger charge is -2.45. The van der Waals surface area contributed by atoms with E-state index in [9.17, 15) is 0 Å². The van der Waals surface area contributed by atoms with Gasteiger partial charge in [-0.1, -0.05) is 34.6 Å². The van der Waals surface area contributed by atoms with E-state index in [-0.39, 0.29) is 0 Å². The molecule has 1 rings (SSSR count). The van der Waals surface area contributed by atoms with Crippen molar-refractivity contribution in [3.8, 4) is 0 Å². The first-order chi connectivity index (χ1) is 6.90. The molecule has 1 saturated heterocycles. The molecule has 15 heavy (non-hydrogen) atoms. The Bertz CT molecular complexity index is 207. The van der Waals surface area contributed by atoms with Crippen molar-refractivity contribution < 1.29 is 0 Å². The van der Waals surface area contributed by atoms with Crippen molar-refractivity contribution in [1.82, 2.24) is 0 Å². The maximum absolute atomic E-state index is 6.20. The average Bonchev–Trinajstić information content (AvgIpc) is 2.22. The highest BCUT2D eigenvalue weighted by atomic mass is 32.2. The van der Waals surface area contributed by atoms with Crippen LogP contribution in [0.4, 0.5) is 0 Å². The number of hydrogen-bond donors (Lipinski definition) is 1. The summed E-state index contributed by atoms with van der Waals surface area (Å²) in [5.41, 5.74) is 6.20. The molecule has 0 spiro atoms. The first kappa shape index (κ1) is 13.4. The third kappa shape index (κ3) is 2.91. The highest BCUT2D eigenvalue weighted by Crippen LogP contribution is 2.47. The molecule has 0 aromatic heterocycles. The van der Waals surface area contributed by atoms with Crippen LogP contribution >= 0.6 is 11.8 Å². The van der Waals surface area contributed by atoms with Crippen LogP contribution in [-0.4, -0.2) is 16.5 Å². The summed E-state index contributed by atoms with van der Waals surface area (Å²) in [7, 11) is 0. The Hall–Kier alpha value is 0.310. The molecule has 0 saturated carbocycles. The Morgan fingerprint density at radius 3 is 2.47 bits per heavy atom. The van der Waals surface area contributed by atoms with Crippen LogP contribution in [0, 0.1) is 17.8 Å². The molecule has 0 radical (unpaired) electrons. The number of nitrogens with two attached hydrogens (primary N) is 1. The molecule has 2 heteroatoms. The molecule has 1 fully saturated rings. The molecule has 1 nitrogen and oxygen atoms in total. The lowest BCUT2D eigenvalue weighted by Crippen LogP contribution is -2.46. The van der Waals surface area contributed by atoms with E-state index in [1.54, 1.807) is 0 Å². The van der Waals surface area contributed by atoms with Crippen LogP contribution in [0.3, 0.4) is 0 Å². The molecule has 0 amide bonds. The summed E-state index contributed by atoms with van der Waals surface area (Å²) in [6, 6.07) is 0.364. The zero-order valence-electron chi connectivity index (χ0n) is 10.9. The van der Waals surface area contributed by atoms with Gasteiger partial charge < -0.3 is 5.73 Å². The number of rotatable bonds is 3. The second-order valence-electron chi connectivity index (χ2n) is 5.64. The summed E-state index contributed by atoms with van der Waals surface area (Å²) in [4.78, 5) is 0. The van der Waals surface area contributed by atoms with Crippen LogP contribution in [0.15, 0.2) is 0 Å². The van der Waals surface area contributed by atoms with E-state index in [2.05, 4.69) is 46.4 Å². The molecule has 5 unspecified atom stereocenters. The Kier molecular flexibility index (Phi) is 4.54. The number of hydrogen-bond acceptors (Lipinski definition) is 2. The summed E-state index contributed by atoms with van der Waals surface area (Å²) in [5, 5.41) is 0. The lowest BCUT2D eigenvalue weighted by molar-refractivity contribution is 0.259. The van der Waals surface area contributed by atoms with Gasteiger partial charge in [0.25, 0.3) is 0 Å². The van der Waals surface area contributed by atoms with E-state index in [1.807, 2.05) is 0 Å². The summed E-state index contributed by atoms with van der Waals surface area (Å²) in [6.45, 7) is 11.7. The van der Waals surface area contributed by atoms with Crippen LogP contribution in [0.25, 0.3) is 0 Å². The Morgan fingerprint density at radius 1 is 1.40 bits per heavy atom. The predicted octanol–water partition coefficient (Wildman–Crippen LogP) is 3.53. The molecule has 1 heterocycles. The van der Waals surface area contributed by atoms with Gasteiger partial charge in [0, 0.05) is 10.8 Å². The highest BCUT2D eigenvalue weighted by molar-refractivity contribution is 8.00. The van der Waals surface area contributed by atoms with Gasteiger partial charge in [0.2, 0.25) is 0 Å². The van der Waals surface area contributed by atoms with Crippen molar-refractivity contribution in [2.75, 3.05) is 5.75 Å². The van der Waals surface area contributed by atoms with Gasteiger partial charge in [-0.2, -0.15) is 11.8 Å². The quantitative estimate of drug-likeness (QED) is 0.801. The number of thioether (sulfide) groups is 1. The molecule has 1 aliphatic rings. The van der Waals surface area contributed by atoms with Gasteiger partial charge in [0.1, 0.15) is 0 Å². The van der Waals surface area contributed by atoms with E-state index in [0.29, 0.717) is 16.7 Å². The molecule has 5 atom stereocenters. The van der Waals surface area contributed by atoms with Gasteiger partial charge in [-0.15, -0.1) is 0 Å². The van der Waals surface area contributed by atoms with E-state index < -0.39 is 0 Å². The second kappa shape index (κ2) is 5.09. The van der Waals surface area contributed by atoms with Crippen LogP contribution in [-0.2, 0) is 0 Å². The molecular formula is C13H27NS. The summed E-state index contributed by atoms with van der Waals surface area (Å²) in [5.74, 6) is 3.65. The normalized spacial score (nSPS) is 41.2. The smallest absolute Gasteiger partial charge is 0.0174 e. The van der Waals surface area contributed by atoms with Crippen LogP contribution in [0.2, 0.25) is 0 Å². The maximum Gasteiger partial charge on any atom is 0.0174 e. The van der Waals surface area contributed by atoms with Gasteiger partial charge in [0.05, 0.1) is 0 Å². The van der Waals surface area contributed by atoms with Gasteiger partial charge in [0.15, 0.2) is 0 Å². The van der Waals surface area contributed by atoms with E-state index in [0.717, 1.165) is 18.3 Å². The van der Waals surface area contributed by atoms with Crippen LogP contribution in [0.1, 0.15) is 47.5 Å². The summed E-state index contributed by atoms with van der Waals surface area (Å²) < 4.78 is 0.404. The van der Waals surface area contributed by atoms with Gasteiger partial charge >= 0.3 is 0 Å². The van der Waals surface area contributed by atoms with E-state index in [1.165, 1.54) is 12.2 Å². The van der Waals surface area contributed by atoms with E-state index >= 15 is 0 Å².